The van der Waals surface area contributed by atoms with Crippen molar-refractivity contribution in [3.63, 3.8) is 0 Å². The average molecular weight is 355 g/mol. The van der Waals surface area contributed by atoms with Crippen molar-refractivity contribution in [3.8, 4) is 0 Å². The third-order valence-corrected chi connectivity index (χ3v) is 4.20. The zero-order chi connectivity index (χ0) is 18.7. The Bertz CT molecular complexity index is 693. The molecule has 9 heteroatoms. The summed E-state index contributed by atoms with van der Waals surface area (Å²) in [7, 11) is 3.86. The van der Waals surface area contributed by atoms with Crippen LogP contribution in [0.3, 0.4) is 0 Å². The molecule has 2 rings (SSSR count). The maximum atomic E-state index is 12.3. The van der Waals surface area contributed by atoms with Crippen molar-refractivity contribution >= 4 is 18.0 Å². The lowest BCUT2D eigenvalue weighted by atomic mass is 9.99. The first-order chi connectivity index (χ1) is 11.9. The normalized spacial score (nSPS) is 23.2. The number of nitrogens with zero attached hydrogens (tertiary/aromatic N) is 1. The predicted molar refractivity (Wildman–Crippen MR) is 85.1 cm³/mol. The van der Waals surface area contributed by atoms with E-state index in [2.05, 4.69) is 0 Å². The summed E-state index contributed by atoms with van der Waals surface area (Å²) in [5.41, 5.74) is 0.545. The first-order valence-electron chi connectivity index (χ1n) is 7.55. The Hall–Kier alpha value is -2.36. The zero-order valence-corrected chi connectivity index (χ0v) is 14.1. The highest BCUT2D eigenvalue weighted by atomic mass is 16.5. The number of esters is 2. The van der Waals surface area contributed by atoms with Crippen molar-refractivity contribution in [2.75, 3.05) is 20.8 Å². The summed E-state index contributed by atoms with van der Waals surface area (Å²) in [4.78, 5) is 24.4. The van der Waals surface area contributed by atoms with Gasteiger partial charge < -0.3 is 34.1 Å². The van der Waals surface area contributed by atoms with Crippen LogP contribution in [0.1, 0.15) is 44.6 Å². The summed E-state index contributed by atoms with van der Waals surface area (Å²) in [6.45, 7) is -0.396. The van der Waals surface area contributed by atoms with Crippen molar-refractivity contribution in [3.05, 3.63) is 28.8 Å². The van der Waals surface area contributed by atoms with Crippen molar-refractivity contribution in [2.24, 2.45) is 7.05 Å². The molecular weight excluding hydrogens is 334 g/mol. The van der Waals surface area contributed by atoms with E-state index < -0.39 is 36.9 Å². The number of methoxy groups -OCH3 is 2. The van der Waals surface area contributed by atoms with E-state index in [1.165, 1.54) is 31.9 Å². The fourth-order valence-electron chi connectivity index (χ4n) is 3.06. The van der Waals surface area contributed by atoms with Crippen LogP contribution in [0.15, 0.2) is 6.26 Å². The lowest BCUT2D eigenvalue weighted by molar-refractivity contribution is -0.0229. The molecular formula is C16H21NO8. The van der Waals surface area contributed by atoms with Crippen LogP contribution < -0.4 is 0 Å². The number of aliphatic hydroxyl groups excluding tert-OH is 3. The van der Waals surface area contributed by atoms with Crippen LogP contribution in [0.2, 0.25) is 0 Å². The molecule has 2 heterocycles. The molecule has 0 amide bonds. The Kier molecular flexibility index (Phi) is 5.83. The van der Waals surface area contributed by atoms with Crippen molar-refractivity contribution in [2.45, 2.75) is 24.7 Å². The summed E-state index contributed by atoms with van der Waals surface area (Å²) in [6, 6.07) is 0. The molecule has 3 unspecified atom stereocenters. The minimum absolute atomic E-state index is 0.0220. The van der Waals surface area contributed by atoms with Gasteiger partial charge in [0.05, 0.1) is 39.3 Å². The number of hydrogen-bond donors (Lipinski definition) is 3. The molecule has 0 spiro atoms. The van der Waals surface area contributed by atoms with Crippen LogP contribution in [-0.2, 0) is 21.3 Å². The molecule has 0 aromatic carbocycles. The minimum Gasteiger partial charge on any atom is -0.516 e. The van der Waals surface area contributed by atoms with Gasteiger partial charge in [-0.2, -0.15) is 0 Å². The van der Waals surface area contributed by atoms with Gasteiger partial charge in [0.15, 0.2) is 0 Å². The van der Waals surface area contributed by atoms with E-state index in [0.717, 1.165) is 6.26 Å². The van der Waals surface area contributed by atoms with Gasteiger partial charge in [-0.25, -0.2) is 9.59 Å². The van der Waals surface area contributed by atoms with E-state index in [1.807, 2.05) is 0 Å². The van der Waals surface area contributed by atoms with E-state index in [-0.39, 0.29) is 28.9 Å². The van der Waals surface area contributed by atoms with Gasteiger partial charge >= 0.3 is 11.9 Å². The summed E-state index contributed by atoms with van der Waals surface area (Å²) in [5, 5.41) is 28.5. The molecule has 0 radical (unpaired) electrons. The van der Waals surface area contributed by atoms with E-state index in [1.54, 1.807) is 0 Å². The molecule has 0 saturated carbocycles. The average Bonchev–Trinajstić information content (AvgIpc) is 3.11. The van der Waals surface area contributed by atoms with Gasteiger partial charge in [0.1, 0.15) is 17.5 Å². The number of hydrogen-bond acceptors (Lipinski definition) is 8. The maximum absolute atomic E-state index is 12.3. The van der Waals surface area contributed by atoms with Gasteiger partial charge in [0.2, 0.25) is 0 Å². The molecule has 138 valence electrons. The highest BCUT2D eigenvalue weighted by Crippen LogP contribution is 2.39. The van der Waals surface area contributed by atoms with Crippen LogP contribution in [0.5, 0.6) is 0 Å². The molecule has 1 aromatic rings. The Morgan fingerprint density at radius 3 is 2.36 bits per heavy atom. The van der Waals surface area contributed by atoms with E-state index in [0.29, 0.717) is 0 Å². The molecule has 1 aliphatic rings. The molecule has 3 N–H and O–H groups in total. The van der Waals surface area contributed by atoms with Crippen LogP contribution in [0, 0.1) is 0 Å². The number of carbonyl (C=O) groups is 2. The Balaban J connectivity index is 2.71. The minimum atomic E-state index is -0.937. The topological polar surface area (TPSA) is 127 Å². The van der Waals surface area contributed by atoms with E-state index in [9.17, 15) is 24.9 Å². The first-order valence-corrected chi connectivity index (χ1v) is 7.55. The largest absolute Gasteiger partial charge is 0.516 e. The Morgan fingerprint density at radius 2 is 1.88 bits per heavy atom. The van der Waals surface area contributed by atoms with E-state index >= 15 is 0 Å². The monoisotopic (exact) mass is 355 g/mol. The van der Waals surface area contributed by atoms with Gasteiger partial charge in [-0.15, -0.1) is 0 Å². The highest BCUT2D eigenvalue weighted by Gasteiger charge is 2.40. The fraction of sp³-hybridized carbons (Fsp3) is 0.500. The van der Waals surface area contributed by atoms with Crippen LogP contribution in [0.4, 0.5) is 0 Å². The lowest BCUT2D eigenvalue weighted by Crippen LogP contribution is -2.24. The number of carbonyl (C=O) groups excluding carboxylic acids is 2. The summed E-state index contributed by atoms with van der Waals surface area (Å²) in [5.74, 6) is -1.44. The number of aliphatic hydroxyl groups is 3. The third kappa shape index (κ3) is 3.26. The lowest BCUT2D eigenvalue weighted by Gasteiger charge is -2.14. The van der Waals surface area contributed by atoms with Gasteiger partial charge in [-0.3, -0.25) is 0 Å². The SMILES string of the molecule is COC(=O)c1c(C=CO)c(C2CC(O)C(CO)O2)c(C(=O)OC)n1C. The molecule has 0 bridgehead atoms. The number of aromatic nitrogens is 1. The Morgan fingerprint density at radius 1 is 1.28 bits per heavy atom. The number of ether oxygens (including phenoxy) is 3. The first kappa shape index (κ1) is 19.0. The molecule has 3 atom stereocenters. The molecule has 25 heavy (non-hydrogen) atoms. The van der Waals surface area contributed by atoms with Crippen LogP contribution in [0.25, 0.3) is 6.08 Å². The summed E-state index contributed by atoms with van der Waals surface area (Å²) >= 11 is 0. The van der Waals surface area contributed by atoms with Gasteiger partial charge in [0.25, 0.3) is 0 Å². The quantitative estimate of drug-likeness (QED) is 0.509. The second-order valence-corrected chi connectivity index (χ2v) is 5.53. The molecule has 1 aliphatic heterocycles. The van der Waals surface area contributed by atoms with Gasteiger partial charge in [-0.05, 0) is 6.08 Å². The summed E-state index contributed by atoms with van der Waals surface area (Å²) < 4.78 is 16.5. The van der Waals surface area contributed by atoms with Crippen molar-refractivity contribution in [1.82, 2.24) is 4.57 Å². The fourth-order valence-corrected chi connectivity index (χ4v) is 3.06. The summed E-state index contributed by atoms with van der Waals surface area (Å²) in [6.07, 6.45) is -0.475. The highest BCUT2D eigenvalue weighted by molar-refractivity contribution is 5.99. The van der Waals surface area contributed by atoms with Crippen molar-refractivity contribution in [1.29, 1.82) is 0 Å². The van der Waals surface area contributed by atoms with Crippen LogP contribution >= 0.6 is 0 Å². The predicted octanol–water partition coefficient (Wildman–Crippen LogP) is 0.310. The standard InChI is InChI=1S/C16H21NO8/c1-17-13(15(21)23-2)8(4-5-18)12(14(17)16(22)24-3)10-6-9(20)11(7-19)25-10/h4-5,9-11,18-20H,6-7H2,1-3H3. The van der Waals surface area contributed by atoms with Crippen LogP contribution in [-0.4, -0.2) is 64.9 Å². The van der Waals surface area contributed by atoms with Crippen molar-refractivity contribution < 1.29 is 39.1 Å². The molecule has 1 aromatic heterocycles. The van der Waals surface area contributed by atoms with E-state index in [4.69, 9.17) is 14.2 Å². The second-order valence-electron chi connectivity index (χ2n) is 5.53. The van der Waals surface area contributed by atoms with Gasteiger partial charge in [0, 0.05) is 24.6 Å². The second kappa shape index (κ2) is 7.68. The van der Waals surface area contributed by atoms with Gasteiger partial charge in [-0.1, -0.05) is 0 Å². The smallest absolute Gasteiger partial charge is 0.355 e. The number of rotatable bonds is 5. The molecule has 1 saturated heterocycles. The molecule has 0 aliphatic carbocycles. The Labute approximate surface area is 144 Å². The molecule has 9 nitrogen and oxygen atoms in total. The third-order valence-electron chi connectivity index (χ3n) is 4.20. The maximum Gasteiger partial charge on any atom is 0.355 e. The molecule has 1 fully saturated rings. The zero-order valence-electron chi connectivity index (χ0n) is 14.1.